The van der Waals surface area contributed by atoms with Crippen LogP contribution in [-0.2, 0) is 26.2 Å². The van der Waals surface area contributed by atoms with Crippen LogP contribution in [0.1, 0.15) is 38.7 Å². The smallest absolute Gasteiger partial charge is 0.242 e. The first-order valence-electron chi connectivity index (χ1n) is 11.5. The van der Waals surface area contributed by atoms with Crippen LogP contribution in [0.5, 0.6) is 5.75 Å². The number of likely N-dealkylation sites (N-methyl/N-ethyl adjacent to an activating group) is 1. The quantitative estimate of drug-likeness (QED) is 0.449. The maximum Gasteiger partial charge on any atom is 0.242 e. The highest BCUT2D eigenvalue weighted by Crippen LogP contribution is 2.22. The Bertz CT molecular complexity index is 1080. The van der Waals surface area contributed by atoms with E-state index in [0.717, 1.165) is 6.26 Å². The van der Waals surface area contributed by atoms with Gasteiger partial charge in [0.2, 0.25) is 21.8 Å². The minimum atomic E-state index is -3.58. The predicted octanol–water partition coefficient (Wildman–Crippen LogP) is 3.32. The molecule has 35 heavy (non-hydrogen) atoms. The Labute approximate surface area is 207 Å². The Hall–Kier alpha value is -3.14. The van der Waals surface area contributed by atoms with Gasteiger partial charge >= 0.3 is 0 Å². The van der Waals surface area contributed by atoms with E-state index in [-0.39, 0.29) is 43.6 Å². The van der Waals surface area contributed by atoms with Gasteiger partial charge in [-0.05, 0) is 61.7 Å². The van der Waals surface area contributed by atoms with Gasteiger partial charge in [0.15, 0.2) is 0 Å². The molecule has 192 valence electrons. The summed E-state index contributed by atoms with van der Waals surface area (Å²) in [6.07, 6.45) is 1.81. The van der Waals surface area contributed by atoms with Crippen LogP contribution < -0.4 is 14.4 Å². The zero-order chi connectivity index (χ0) is 26.0. The Morgan fingerprint density at radius 2 is 1.69 bits per heavy atom. The van der Waals surface area contributed by atoms with Crippen LogP contribution in [0, 0.1) is 5.82 Å². The normalized spacial score (nSPS) is 12.0. The summed E-state index contributed by atoms with van der Waals surface area (Å²) in [5.41, 5.74) is 1.16. The van der Waals surface area contributed by atoms with E-state index in [1.165, 1.54) is 28.4 Å². The van der Waals surface area contributed by atoms with Crippen molar-refractivity contribution in [2.75, 3.05) is 30.8 Å². The molecule has 0 radical (unpaired) electrons. The van der Waals surface area contributed by atoms with Gasteiger partial charge in [0.1, 0.15) is 17.6 Å². The van der Waals surface area contributed by atoms with E-state index < -0.39 is 16.1 Å². The molecule has 0 fully saturated rings. The first-order valence-corrected chi connectivity index (χ1v) is 13.4. The van der Waals surface area contributed by atoms with Gasteiger partial charge in [0.05, 0.1) is 19.1 Å². The molecule has 0 spiro atoms. The number of sulfonamides is 1. The Morgan fingerprint density at radius 3 is 2.20 bits per heavy atom. The average Bonchev–Trinajstić information content (AvgIpc) is 2.82. The highest BCUT2D eigenvalue weighted by Gasteiger charge is 2.28. The minimum Gasteiger partial charge on any atom is -0.497 e. The highest BCUT2D eigenvalue weighted by atomic mass is 32.2. The molecule has 2 rings (SSSR count). The number of carbonyl (C=O) groups is 2. The van der Waals surface area contributed by atoms with Crippen LogP contribution in [0.3, 0.4) is 0 Å². The van der Waals surface area contributed by atoms with E-state index in [2.05, 4.69) is 5.32 Å². The molecular weight excluding hydrogens is 473 g/mol. The van der Waals surface area contributed by atoms with Gasteiger partial charge in [0.25, 0.3) is 0 Å². The maximum absolute atomic E-state index is 13.4. The molecule has 0 aliphatic rings. The molecule has 0 aliphatic heterocycles. The number of carbonyl (C=O) groups excluding carboxylic acids is 2. The van der Waals surface area contributed by atoms with Gasteiger partial charge in [-0.1, -0.05) is 19.1 Å². The molecule has 0 aromatic heterocycles. The zero-order valence-corrected chi connectivity index (χ0v) is 21.5. The number of methoxy groups -OCH3 is 1. The number of benzene rings is 2. The number of hydrogen-bond acceptors (Lipinski definition) is 5. The lowest BCUT2D eigenvalue weighted by atomic mass is 10.1. The summed E-state index contributed by atoms with van der Waals surface area (Å²) in [6.45, 7) is 4.29. The van der Waals surface area contributed by atoms with Crippen molar-refractivity contribution in [3.8, 4) is 5.75 Å². The molecule has 2 amide bonds. The summed E-state index contributed by atoms with van der Waals surface area (Å²) in [5.74, 6) is -0.330. The number of nitrogens with zero attached hydrogens (tertiary/aromatic N) is 2. The summed E-state index contributed by atoms with van der Waals surface area (Å²) in [7, 11) is -2.06. The summed E-state index contributed by atoms with van der Waals surface area (Å²) in [4.78, 5) is 27.4. The predicted molar refractivity (Wildman–Crippen MR) is 134 cm³/mol. The van der Waals surface area contributed by atoms with Gasteiger partial charge in [-0.25, -0.2) is 12.8 Å². The first kappa shape index (κ1) is 28.1. The summed E-state index contributed by atoms with van der Waals surface area (Å²) in [5, 5.41) is 2.76. The van der Waals surface area contributed by atoms with Crippen molar-refractivity contribution in [3.63, 3.8) is 0 Å². The number of halogens is 1. The van der Waals surface area contributed by atoms with E-state index in [0.29, 0.717) is 30.0 Å². The molecule has 10 heteroatoms. The largest absolute Gasteiger partial charge is 0.497 e. The van der Waals surface area contributed by atoms with E-state index >= 15 is 0 Å². The molecule has 1 atom stereocenters. The van der Waals surface area contributed by atoms with E-state index in [1.807, 2.05) is 6.92 Å². The minimum absolute atomic E-state index is 0.0409. The van der Waals surface area contributed by atoms with Gasteiger partial charge in [-0.2, -0.15) is 0 Å². The second-order valence-electron chi connectivity index (χ2n) is 8.10. The number of hydrogen-bond donors (Lipinski definition) is 1. The third-order valence-electron chi connectivity index (χ3n) is 5.52. The molecule has 8 nitrogen and oxygen atoms in total. The van der Waals surface area contributed by atoms with Crippen LogP contribution >= 0.6 is 0 Å². The van der Waals surface area contributed by atoms with Crippen LogP contribution in [0.15, 0.2) is 48.5 Å². The molecule has 0 saturated carbocycles. The molecule has 0 bridgehead atoms. The van der Waals surface area contributed by atoms with Gasteiger partial charge < -0.3 is 15.0 Å². The SMILES string of the molecule is CCNC(=O)C(CC)N(Cc1ccc(F)cc1)C(=O)CCCN(c1ccc(OC)cc1)S(C)(=O)=O. The molecule has 1 N–H and O–H groups in total. The van der Waals surface area contributed by atoms with Crippen LogP contribution in [0.2, 0.25) is 0 Å². The lowest BCUT2D eigenvalue weighted by Crippen LogP contribution is -2.49. The van der Waals surface area contributed by atoms with Crippen molar-refractivity contribution in [1.82, 2.24) is 10.2 Å². The average molecular weight is 508 g/mol. The fraction of sp³-hybridized carbons (Fsp3) is 0.440. The van der Waals surface area contributed by atoms with Crippen molar-refractivity contribution in [3.05, 3.63) is 59.9 Å². The van der Waals surface area contributed by atoms with Crippen molar-refractivity contribution < 1.29 is 27.1 Å². The van der Waals surface area contributed by atoms with E-state index in [9.17, 15) is 22.4 Å². The first-order chi connectivity index (χ1) is 16.6. The second-order valence-corrected chi connectivity index (χ2v) is 10.0. The van der Waals surface area contributed by atoms with Crippen molar-refractivity contribution >= 4 is 27.5 Å². The molecule has 2 aromatic carbocycles. The van der Waals surface area contributed by atoms with Gasteiger partial charge in [0, 0.05) is 26.1 Å². The molecule has 0 aliphatic carbocycles. The number of rotatable bonds is 13. The monoisotopic (exact) mass is 507 g/mol. The van der Waals surface area contributed by atoms with Crippen LogP contribution in [0.4, 0.5) is 10.1 Å². The third-order valence-corrected chi connectivity index (χ3v) is 6.71. The van der Waals surface area contributed by atoms with Crippen LogP contribution in [-0.4, -0.2) is 57.6 Å². The number of nitrogens with one attached hydrogen (secondary N) is 1. The third kappa shape index (κ3) is 8.24. The fourth-order valence-electron chi connectivity index (χ4n) is 3.75. The Morgan fingerprint density at radius 1 is 1.06 bits per heavy atom. The standard InChI is InChI=1S/C25H34FN3O5S/c1-5-23(25(31)27-6-2)28(18-19-9-11-20(26)12-10-19)24(30)8-7-17-29(35(4,32)33)21-13-15-22(34-3)16-14-21/h9-16,23H,5-8,17-18H2,1-4H3,(H,27,31). The zero-order valence-electron chi connectivity index (χ0n) is 20.7. The molecule has 1 unspecified atom stereocenters. The molecule has 0 heterocycles. The number of amides is 2. The second kappa shape index (κ2) is 13.1. The number of anilines is 1. The van der Waals surface area contributed by atoms with Crippen molar-refractivity contribution in [1.29, 1.82) is 0 Å². The lowest BCUT2D eigenvalue weighted by Gasteiger charge is -2.31. The topological polar surface area (TPSA) is 96.0 Å². The number of ether oxygens (including phenoxy) is 1. The maximum atomic E-state index is 13.4. The van der Waals surface area contributed by atoms with Crippen molar-refractivity contribution in [2.45, 2.75) is 45.7 Å². The van der Waals surface area contributed by atoms with E-state index in [4.69, 9.17) is 4.74 Å². The Kier molecular flexibility index (Phi) is 10.5. The fourth-order valence-corrected chi connectivity index (χ4v) is 4.72. The van der Waals surface area contributed by atoms with E-state index in [1.54, 1.807) is 43.3 Å². The van der Waals surface area contributed by atoms with Crippen LogP contribution in [0.25, 0.3) is 0 Å². The van der Waals surface area contributed by atoms with Gasteiger partial charge in [-0.3, -0.25) is 13.9 Å². The summed E-state index contributed by atoms with van der Waals surface area (Å²) >= 11 is 0. The summed E-state index contributed by atoms with van der Waals surface area (Å²) in [6, 6.07) is 11.7. The molecular formula is C25H34FN3O5S. The van der Waals surface area contributed by atoms with Gasteiger partial charge in [-0.15, -0.1) is 0 Å². The van der Waals surface area contributed by atoms with Crippen molar-refractivity contribution in [2.24, 2.45) is 0 Å². The lowest BCUT2D eigenvalue weighted by molar-refractivity contribution is -0.141. The molecule has 0 saturated heterocycles. The highest BCUT2D eigenvalue weighted by molar-refractivity contribution is 7.92. The Balaban J connectivity index is 2.18. The summed E-state index contributed by atoms with van der Waals surface area (Å²) < 4.78 is 44.5. The molecule has 2 aromatic rings.